The van der Waals surface area contributed by atoms with Gasteiger partial charge in [-0.25, -0.2) is 0 Å². The quantitative estimate of drug-likeness (QED) is 0.664. The van der Waals surface area contributed by atoms with Crippen LogP contribution in [0.5, 0.6) is 0 Å². The number of rotatable bonds is 1. The standard InChI is InChI=1S/C12H15NO3/c1-9(2)13-11(15)5-8-16-12(13)6-3-10(14)4-7-12/h3-4,6-7,9H,5,8H2,1-2H3. The number of ether oxygens (including phenoxy) is 1. The first-order valence-electron chi connectivity index (χ1n) is 5.44. The predicted molar refractivity (Wildman–Crippen MR) is 58.6 cm³/mol. The molecule has 0 N–H and O–H groups in total. The van der Waals surface area contributed by atoms with Crippen molar-refractivity contribution in [1.82, 2.24) is 4.90 Å². The van der Waals surface area contributed by atoms with E-state index in [0.717, 1.165) is 0 Å². The van der Waals surface area contributed by atoms with Crippen LogP contribution in [0.1, 0.15) is 20.3 Å². The molecule has 4 heteroatoms. The van der Waals surface area contributed by atoms with Gasteiger partial charge in [-0.05, 0) is 38.2 Å². The van der Waals surface area contributed by atoms with Gasteiger partial charge in [0.05, 0.1) is 13.0 Å². The van der Waals surface area contributed by atoms with Crippen LogP contribution in [0.3, 0.4) is 0 Å². The molecule has 0 atom stereocenters. The maximum Gasteiger partial charge on any atom is 0.227 e. The first-order chi connectivity index (χ1) is 7.55. The van der Waals surface area contributed by atoms with E-state index in [0.29, 0.717) is 13.0 Å². The van der Waals surface area contributed by atoms with Crippen molar-refractivity contribution in [1.29, 1.82) is 0 Å². The van der Waals surface area contributed by atoms with Crippen molar-refractivity contribution < 1.29 is 14.3 Å². The molecule has 1 amide bonds. The molecule has 1 heterocycles. The number of ketones is 1. The van der Waals surface area contributed by atoms with Gasteiger partial charge in [0.2, 0.25) is 5.91 Å². The third-order valence-electron chi connectivity index (χ3n) is 2.78. The van der Waals surface area contributed by atoms with Crippen molar-refractivity contribution in [3.63, 3.8) is 0 Å². The Bertz CT molecular complexity index is 366. The lowest BCUT2D eigenvalue weighted by Gasteiger charge is -2.46. The zero-order valence-corrected chi connectivity index (χ0v) is 9.47. The van der Waals surface area contributed by atoms with Crippen molar-refractivity contribution in [2.75, 3.05) is 6.61 Å². The third-order valence-corrected chi connectivity index (χ3v) is 2.78. The summed E-state index contributed by atoms with van der Waals surface area (Å²) < 4.78 is 5.68. The molecule has 1 aliphatic carbocycles. The first-order valence-corrected chi connectivity index (χ1v) is 5.44. The van der Waals surface area contributed by atoms with Crippen LogP contribution in [0.15, 0.2) is 24.3 Å². The van der Waals surface area contributed by atoms with Gasteiger partial charge in [-0.15, -0.1) is 0 Å². The van der Waals surface area contributed by atoms with Crippen molar-refractivity contribution >= 4 is 11.7 Å². The zero-order valence-electron chi connectivity index (χ0n) is 9.47. The Morgan fingerprint density at radius 3 is 2.50 bits per heavy atom. The molecule has 2 rings (SSSR count). The minimum Gasteiger partial charge on any atom is -0.348 e. The second-order valence-electron chi connectivity index (χ2n) is 4.28. The summed E-state index contributed by atoms with van der Waals surface area (Å²) in [7, 11) is 0. The van der Waals surface area contributed by atoms with Crippen LogP contribution in [-0.4, -0.2) is 35.0 Å². The van der Waals surface area contributed by atoms with Crippen LogP contribution in [-0.2, 0) is 14.3 Å². The molecule has 0 aromatic carbocycles. The minimum absolute atomic E-state index is 0.0373. The highest BCUT2D eigenvalue weighted by Gasteiger charge is 2.42. The summed E-state index contributed by atoms with van der Waals surface area (Å²) in [6.45, 7) is 4.27. The van der Waals surface area contributed by atoms with Crippen LogP contribution >= 0.6 is 0 Å². The van der Waals surface area contributed by atoms with Crippen LogP contribution in [0.4, 0.5) is 0 Å². The summed E-state index contributed by atoms with van der Waals surface area (Å²) in [5.41, 5.74) is -0.850. The van der Waals surface area contributed by atoms with Gasteiger partial charge in [0.15, 0.2) is 11.5 Å². The zero-order chi connectivity index (χ0) is 11.8. The molecule has 1 fully saturated rings. The molecule has 1 spiro atoms. The van der Waals surface area contributed by atoms with Gasteiger partial charge < -0.3 is 9.64 Å². The molecule has 0 aromatic heterocycles. The molecule has 1 saturated heterocycles. The van der Waals surface area contributed by atoms with E-state index >= 15 is 0 Å². The second-order valence-corrected chi connectivity index (χ2v) is 4.28. The summed E-state index contributed by atoms with van der Waals surface area (Å²) in [4.78, 5) is 24.7. The Labute approximate surface area is 94.6 Å². The summed E-state index contributed by atoms with van der Waals surface area (Å²) in [5.74, 6) is -0.0131. The Morgan fingerprint density at radius 1 is 1.31 bits per heavy atom. The highest BCUT2D eigenvalue weighted by molar-refractivity contribution is 6.00. The van der Waals surface area contributed by atoms with Crippen molar-refractivity contribution in [3.8, 4) is 0 Å². The van der Waals surface area contributed by atoms with Crippen molar-refractivity contribution in [2.45, 2.75) is 32.0 Å². The molecule has 16 heavy (non-hydrogen) atoms. The molecular weight excluding hydrogens is 206 g/mol. The van der Waals surface area contributed by atoms with Gasteiger partial charge >= 0.3 is 0 Å². The number of allylic oxidation sites excluding steroid dienone is 2. The minimum atomic E-state index is -0.850. The van der Waals surface area contributed by atoms with Gasteiger partial charge in [-0.1, -0.05) is 0 Å². The van der Waals surface area contributed by atoms with Crippen LogP contribution in [0.2, 0.25) is 0 Å². The van der Waals surface area contributed by atoms with Crippen molar-refractivity contribution in [3.05, 3.63) is 24.3 Å². The van der Waals surface area contributed by atoms with Crippen LogP contribution in [0.25, 0.3) is 0 Å². The average molecular weight is 221 g/mol. The topological polar surface area (TPSA) is 46.6 Å². The number of amides is 1. The van der Waals surface area contributed by atoms with E-state index in [1.807, 2.05) is 13.8 Å². The number of nitrogens with zero attached hydrogens (tertiary/aromatic N) is 1. The Kier molecular flexibility index (Phi) is 2.68. The summed E-state index contributed by atoms with van der Waals surface area (Å²) in [6, 6.07) is 0.0373. The Balaban J connectivity index is 2.37. The molecule has 1 aliphatic heterocycles. The molecule has 0 radical (unpaired) electrons. The smallest absolute Gasteiger partial charge is 0.227 e. The van der Waals surface area contributed by atoms with Gasteiger partial charge in [-0.2, -0.15) is 0 Å². The van der Waals surface area contributed by atoms with Gasteiger partial charge in [0.1, 0.15) is 0 Å². The Hall–Kier alpha value is -1.42. The van der Waals surface area contributed by atoms with Crippen LogP contribution < -0.4 is 0 Å². The molecule has 0 aromatic rings. The highest BCUT2D eigenvalue weighted by Crippen LogP contribution is 2.30. The summed E-state index contributed by atoms with van der Waals surface area (Å²) in [5, 5.41) is 0. The number of carbonyl (C=O) groups excluding carboxylic acids is 2. The van der Waals surface area contributed by atoms with E-state index in [9.17, 15) is 9.59 Å². The lowest BCUT2D eigenvalue weighted by Crippen LogP contribution is -2.58. The van der Waals surface area contributed by atoms with E-state index in [4.69, 9.17) is 4.74 Å². The van der Waals surface area contributed by atoms with Gasteiger partial charge in [0.25, 0.3) is 0 Å². The van der Waals surface area contributed by atoms with E-state index in [1.165, 1.54) is 12.2 Å². The fraction of sp³-hybridized carbons (Fsp3) is 0.500. The molecule has 0 saturated carbocycles. The van der Waals surface area contributed by atoms with Crippen molar-refractivity contribution in [2.24, 2.45) is 0 Å². The van der Waals surface area contributed by atoms with E-state index in [2.05, 4.69) is 0 Å². The number of hydrogen-bond acceptors (Lipinski definition) is 3. The molecule has 86 valence electrons. The highest BCUT2D eigenvalue weighted by atomic mass is 16.5. The Morgan fingerprint density at radius 2 is 1.94 bits per heavy atom. The SMILES string of the molecule is CC(C)N1C(=O)CCOC12C=CC(=O)C=C2. The van der Waals surface area contributed by atoms with E-state index in [1.54, 1.807) is 17.1 Å². The maximum absolute atomic E-state index is 11.9. The van der Waals surface area contributed by atoms with Gasteiger partial charge in [0, 0.05) is 6.04 Å². The number of carbonyl (C=O) groups is 2. The third kappa shape index (κ3) is 1.69. The monoisotopic (exact) mass is 221 g/mol. The van der Waals surface area contributed by atoms with Crippen LogP contribution in [0, 0.1) is 0 Å². The molecule has 0 bridgehead atoms. The largest absolute Gasteiger partial charge is 0.348 e. The normalized spacial score (nSPS) is 23.6. The molecule has 2 aliphatic rings. The predicted octanol–water partition coefficient (Wildman–Crippen LogP) is 1.04. The second kappa shape index (κ2) is 3.87. The molecular formula is C12H15NO3. The summed E-state index contributed by atoms with van der Waals surface area (Å²) >= 11 is 0. The fourth-order valence-electron chi connectivity index (χ4n) is 2.15. The van der Waals surface area contributed by atoms with E-state index in [-0.39, 0.29) is 17.7 Å². The lowest BCUT2D eigenvalue weighted by atomic mass is 10.00. The number of hydrogen-bond donors (Lipinski definition) is 0. The average Bonchev–Trinajstić information content (AvgIpc) is 2.22. The fourth-order valence-corrected chi connectivity index (χ4v) is 2.15. The maximum atomic E-state index is 11.9. The lowest BCUT2D eigenvalue weighted by molar-refractivity contribution is -0.174. The molecule has 4 nitrogen and oxygen atoms in total. The van der Waals surface area contributed by atoms with E-state index < -0.39 is 5.72 Å². The molecule has 0 unspecified atom stereocenters. The first kappa shape index (κ1) is 11.1. The summed E-state index contributed by atoms with van der Waals surface area (Å²) in [6.07, 6.45) is 6.62. The van der Waals surface area contributed by atoms with Gasteiger partial charge in [-0.3, -0.25) is 9.59 Å².